The largest absolute Gasteiger partial charge is 0.506 e. The lowest BCUT2D eigenvalue weighted by molar-refractivity contribution is 0.0950. The quantitative estimate of drug-likeness (QED) is 0.178. The lowest BCUT2D eigenvalue weighted by atomic mass is 10.0. The van der Waals surface area contributed by atoms with Crippen LogP contribution in [0.1, 0.15) is 34.3 Å². The van der Waals surface area contributed by atoms with E-state index in [9.17, 15) is 15.0 Å². The summed E-state index contributed by atoms with van der Waals surface area (Å²) >= 11 is 0. The summed E-state index contributed by atoms with van der Waals surface area (Å²) in [6.07, 6.45) is 1.50. The summed E-state index contributed by atoms with van der Waals surface area (Å²) in [4.78, 5) is 12.9. The Bertz CT molecular complexity index is 1420. The summed E-state index contributed by atoms with van der Waals surface area (Å²) in [6.45, 7) is 4.91. The zero-order chi connectivity index (χ0) is 25.5. The van der Waals surface area contributed by atoms with Crippen LogP contribution in [0, 0.1) is 13.8 Å². The fourth-order valence-electron chi connectivity index (χ4n) is 3.84. The zero-order valence-corrected chi connectivity index (χ0v) is 20.4. The van der Waals surface area contributed by atoms with Crippen LogP contribution in [0.2, 0.25) is 0 Å². The summed E-state index contributed by atoms with van der Waals surface area (Å²) in [6, 6.07) is 21.6. The number of nitrogens with zero attached hydrogens (tertiary/aromatic N) is 2. The molecular formula is C29H29N3O4. The molecular weight excluding hydrogens is 454 g/mol. The molecule has 36 heavy (non-hydrogen) atoms. The highest BCUT2D eigenvalue weighted by Crippen LogP contribution is 2.37. The Balaban J connectivity index is 1.44. The molecule has 0 aliphatic rings. The van der Waals surface area contributed by atoms with Crippen molar-refractivity contribution in [2.45, 2.75) is 26.7 Å². The van der Waals surface area contributed by atoms with E-state index in [2.05, 4.69) is 15.5 Å². The van der Waals surface area contributed by atoms with Crippen LogP contribution >= 0.6 is 0 Å². The molecule has 0 bridgehead atoms. The first kappa shape index (κ1) is 24.7. The SMILES string of the molecule is Cc1cccc(OCCCCNC(=O)c2cc(N=Nc3cc(C)ccc3O)c3ccccc3c2O)c1. The number of phenols is 2. The van der Waals surface area contributed by atoms with Crippen LogP contribution in [0.5, 0.6) is 17.2 Å². The number of carbonyl (C=O) groups excluding carboxylic acids is 1. The van der Waals surface area contributed by atoms with Crippen molar-refractivity contribution in [3.63, 3.8) is 0 Å². The van der Waals surface area contributed by atoms with E-state index in [4.69, 9.17) is 4.74 Å². The fourth-order valence-corrected chi connectivity index (χ4v) is 3.84. The first-order valence-corrected chi connectivity index (χ1v) is 11.9. The maximum Gasteiger partial charge on any atom is 0.255 e. The van der Waals surface area contributed by atoms with Gasteiger partial charge in [-0.3, -0.25) is 4.79 Å². The average molecular weight is 484 g/mol. The fraction of sp³-hybridized carbons (Fsp3) is 0.207. The third-order valence-corrected chi connectivity index (χ3v) is 5.75. The molecule has 0 aromatic heterocycles. The smallest absolute Gasteiger partial charge is 0.255 e. The van der Waals surface area contributed by atoms with Gasteiger partial charge in [-0.2, -0.15) is 0 Å². The van der Waals surface area contributed by atoms with Crippen LogP contribution in [-0.2, 0) is 0 Å². The van der Waals surface area contributed by atoms with Gasteiger partial charge >= 0.3 is 0 Å². The van der Waals surface area contributed by atoms with Gasteiger partial charge in [0.1, 0.15) is 22.9 Å². The molecule has 0 aliphatic carbocycles. The van der Waals surface area contributed by atoms with E-state index in [1.807, 2.05) is 44.2 Å². The molecule has 0 heterocycles. The van der Waals surface area contributed by atoms with Crippen molar-refractivity contribution in [3.8, 4) is 17.2 Å². The molecule has 7 nitrogen and oxygen atoms in total. The van der Waals surface area contributed by atoms with Crippen molar-refractivity contribution in [3.05, 3.63) is 89.5 Å². The first-order chi connectivity index (χ1) is 17.4. The van der Waals surface area contributed by atoms with Gasteiger partial charge in [0.05, 0.1) is 17.9 Å². The van der Waals surface area contributed by atoms with Gasteiger partial charge in [0.25, 0.3) is 5.91 Å². The van der Waals surface area contributed by atoms with Crippen LogP contribution in [0.15, 0.2) is 83.0 Å². The number of amides is 1. The molecule has 4 aromatic carbocycles. The molecule has 3 N–H and O–H groups in total. The number of rotatable bonds is 9. The first-order valence-electron chi connectivity index (χ1n) is 11.9. The minimum absolute atomic E-state index is 0.0109. The number of azo groups is 1. The molecule has 7 heteroatoms. The molecule has 1 amide bonds. The van der Waals surface area contributed by atoms with Gasteiger partial charge in [-0.15, -0.1) is 10.2 Å². The Morgan fingerprint density at radius 1 is 0.833 bits per heavy atom. The summed E-state index contributed by atoms with van der Waals surface area (Å²) in [5.41, 5.74) is 2.94. The van der Waals surface area contributed by atoms with E-state index >= 15 is 0 Å². The number of nitrogens with one attached hydrogen (secondary N) is 1. The van der Waals surface area contributed by atoms with Gasteiger partial charge in [-0.25, -0.2) is 0 Å². The second kappa shape index (κ2) is 11.4. The maximum absolute atomic E-state index is 12.9. The second-order valence-electron chi connectivity index (χ2n) is 8.66. The number of unbranched alkanes of at least 4 members (excludes halogenated alkanes) is 1. The predicted molar refractivity (Wildman–Crippen MR) is 141 cm³/mol. The van der Waals surface area contributed by atoms with E-state index in [-0.39, 0.29) is 17.1 Å². The molecule has 4 aromatic rings. The number of phenolic OH excluding ortho intramolecular Hbond substituents is 2. The molecule has 4 rings (SSSR count). The monoisotopic (exact) mass is 483 g/mol. The Morgan fingerprint density at radius 2 is 1.58 bits per heavy atom. The Kier molecular flexibility index (Phi) is 7.80. The lowest BCUT2D eigenvalue weighted by Gasteiger charge is -2.11. The van der Waals surface area contributed by atoms with Crippen molar-refractivity contribution in [1.29, 1.82) is 0 Å². The van der Waals surface area contributed by atoms with E-state index in [1.54, 1.807) is 36.4 Å². The van der Waals surface area contributed by atoms with Crippen LogP contribution in [0.4, 0.5) is 11.4 Å². The van der Waals surface area contributed by atoms with Crippen molar-refractivity contribution >= 4 is 28.1 Å². The van der Waals surface area contributed by atoms with Crippen LogP contribution in [0.25, 0.3) is 10.8 Å². The van der Waals surface area contributed by atoms with Crippen molar-refractivity contribution in [1.82, 2.24) is 5.32 Å². The number of hydrogen-bond acceptors (Lipinski definition) is 6. The number of carbonyl (C=O) groups is 1. The zero-order valence-electron chi connectivity index (χ0n) is 20.4. The number of benzene rings is 4. The highest BCUT2D eigenvalue weighted by atomic mass is 16.5. The highest BCUT2D eigenvalue weighted by Gasteiger charge is 2.17. The Morgan fingerprint density at radius 3 is 2.39 bits per heavy atom. The average Bonchev–Trinajstić information content (AvgIpc) is 2.87. The van der Waals surface area contributed by atoms with Crippen LogP contribution in [0.3, 0.4) is 0 Å². The number of aryl methyl sites for hydroxylation is 2. The van der Waals surface area contributed by atoms with Gasteiger partial charge < -0.3 is 20.3 Å². The lowest BCUT2D eigenvalue weighted by Crippen LogP contribution is -2.24. The van der Waals surface area contributed by atoms with Crippen molar-refractivity contribution < 1.29 is 19.7 Å². The molecule has 0 atom stereocenters. The molecule has 0 saturated heterocycles. The summed E-state index contributed by atoms with van der Waals surface area (Å²) in [7, 11) is 0. The molecule has 0 saturated carbocycles. The molecule has 0 spiro atoms. The minimum atomic E-state index is -0.396. The number of fused-ring (bicyclic) bond motifs is 1. The number of hydrogen-bond donors (Lipinski definition) is 3. The van der Waals surface area contributed by atoms with E-state index < -0.39 is 5.91 Å². The third kappa shape index (κ3) is 5.99. The molecule has 0 unspecified atom stereocenters. The highest BCUT2D eigenvalue weighted by molar-refractivity contribution is 6.07. The van der Waals surface area contributed by atoms with Gasteiger partial charge in [-0.05, 0) is 68.1 Å². The van der Waals surface area contributed by atoms with Crippen LogP contribution < -0.4 is 10.1 Å². The predicted octanol–water partition coefficient (Wildman–Crippen LogP) is 6.87. The minimum Gasteiger partial charge on any atom is -0.506 e. The molecule has 0 fully saturated rings. The van der Waals surface area contributed by atoms with Crippen LogP contribution in [-0.4, -0.2) is 29.3 Å². The summed E-state index contributed by atoms with van der Waals surface area (Å²) in [5, 5.41) is 33.4. The van der Waals surface area contributed by atoms with E-state index in [1.165, 1.54) is 6.07 Å². The standard InChI is InChI=1S/C29H29N3O4/c1-19-8-7-9-21(16-19)36-15-6-5-14-30-29(35)24-18-25(22-10-3-4-11-23(22)28(24)34)31-32-26-17-20(2)12-13-27(26)33/h3-4,7-13,16-18,33-34H,5-6,14-15H2,1-2H3,(H,30,35). The van der Waals surface area contributed by atoms with Crippen molar-refractivity contribution in [2.24, 2.45) is 10.2 Å². The molecule has 0 aliphatic heterocycles. The van der Waals surface area contributed by atoms with Gasteiger partial charge in [0.15, 0.2) is 0 Å². The summed E-state index contributed by atoms with van der Waals surface area (Å²) in [5.74, 6) is 0.341. The van der Waals surface area contributed by atoms with E-state index in [0.29, 0.717) is 35.3 Å². The second-order valence-corrected chi connectivity index (χ2v) is 8.66. The van der Waals surface area contributed by atoms with E-state index in [0.717, 1.165) is 29.7 Å². The van der Waals surface area contributed by atoms with Gasteiger partial charge in [-0.1, -0.05) is 42.5 Å². The van der Waals surface area contributed by atoms with Gasteiger partial charge in [0, 0.05) is 17.3 Å². The Hall–Kier alpha value is -4.39. The van der Waals surface area contributed by atoms with Gasteiger partial charge in [0.2, 0.25) is 0 Å². The summed E-state index contributed by atoms with van der Waals surface area (Å²) < 4.78 is 5.75. The molecule has 184 valence electrons. The topological polar surface area (TPSA) is 104 Å². The Labute approximate surface area is 210 Å². The normalized spacial score (nSPS) is 11.2. The van der Waals surface area contributed by atoms with Crippen molar-refractivity contribution in [2.75, 3.05) is 13.2 Å². The maximum atomic E-state index is 12.9. The third-order valence-electron chi connectivity index (χ3n) is 5.75. The number of aromatic hydroxyl groups is 2. The number of ether oxygens (including phenoxy) is 1. The molecule has 0 radical (unpaired) electrons.